The highest BCUT2D eigenvalue weighted by atomic mass is 35.5. The fraction of sp³-hybridized carbons (Fsp3) is 0.208. The first kappa shape index (κ1) is 21.0. The Morgan fingerprint density at radius 2 is 1.74 bits per heavy atom. The second kappa shape index (κ2) is 8.25. The molecule has 2 unspecified atom stereocenters. The number of Topliss-reactive ketones (excluding diaryl/α,β-unsaturated/α-hetero) is 2. The molecule has 2 aromatic rings. The highest BCUT2D eigenvalue weighted by Crippen LogP contribution is 2.51. The van der Waals surface area contributed by atoms with Crippen LogP contribution in [0.5, 0.6) is 0 Å². The number of hydrogen-bond donors (Lipinski definition) is 0. The Labute approximate surface area is 199 Å². The summed E-state index contributed by atoms with van der Waals surface area (Å²) >= 11 is 19.9. The average molecular weight is 489 g/mol. The maximum Gasteiger partial charge on any atom is 0.180 e. The average Bonchev–Trinajstić information content (AvgIpc) is 3.06. The molecular formula is C24H16Cl3NO2S. The van der Waals surface area contributed by atoms with Gasteiger partial charge in [0.2, 0.25) is 0 Å². The molecule has 0 aromatic heterocycles. The fourth-order valence-electron chi connectivity index (χ4n) is 4.40. The third kappa shape index (κ3) is 3.70. The van der Waals surface area contributed by atoms with Crippen LogP contribution in [-0.2, 0) is 9.59 Å². The van der Waals surface area contributed by atoms with Crippen LogP contribution in [0.2, 0.25) is 15.1 Å². The topological polar surface area (TPSA) is 46.5 Å². The van der Waals surface area contributed by atoms with Crippen molar-refractivity contribution in [2.75, 3.05) is 0 Å². The van der Waals surface area contributed by atoms with Crippen molar-refractivity contribution in [1.29, 1.82) is 0 Å². The van der Waals surface area contributed by atoms with Crippen molar-refractivity contribution in [3.63, 3.8) is 0 Å². The second-order valence-electron chi connectivity index (χ2n) is 7.71. The molecule has 156 valence electrons. The minimum Gasteiger partial charge on any atom is -0.294 e. The predicted molar refractivity (Wildman–Crippen MR) is 128 cm³/mol. The summed E-state index contributed by atoms with van der Waals surface area (Å²) in [6.45, 7) is 0. The summed E-state index contributed by atoms with van der Waals surface area (Å²) in [5.41, 5.74) is 3.07. The maximum atomic E-state index is 13.6. The minimum absolute atomic E-state index is 0.0512. The Balaban J connectivity index is 1.62. The molecule has 1 fully saturated rings. The van der Waals surface area contributed by atoms with Crippen LogP contribution in [0, 0.1) is 5.92 Å². The lowest BCUT2D eigenvalue weighted by Gasteiger charge is -2.32. The molecule has 2 aromatic carbocycles. The smallest absolute Gasteiger partial charge is 0.180 e. The number of rotatable bonds is 2. The number of ketones is 2. The summed E-state index contributed by atoms with van der Waals surface area (Å²) in [6, 6.07) is 12.7. The SMILES string of the molecule is O=C1CCCC2=C1C(c1ccc(Cl)cc1)C1C(=O)C(=Cc3cccc(Cl)c3Cl)SC1=N2. The normalized spacial score (nSPS) is 24.4. The molecule has 1 aliphatic carbocycles. The molecule has 1 saturated heterocycles. The molecule has 2 heterocycles. The van der Waals surface area contributed by atoms with Crippen LogP contribution in [0.15, 0.2) is 63.6 Å². The van der Waals surface area contributed by atoms with Crippen molar-refractivity contribution in [1.82, 2.24) is 0 Å². The molecule has 2 atom stereocenters. The number of carbonyl (C=O) groups is 2. The van der Waals surface area contributed by atoms with Gasteiger partial charge >= 0.3 is 0 Å². The number of aliphatic imine (C=N–C) groups is 1. The van der Waals surface area contributed by atoms with E-state index in [1.54, 1.807) is 30.3 Å². The lowest BCUT2D eigenvalue weighted by atomic mass is 9.72. The van der Waals surface area contributed by atoms with E-state index in [1.165, 1.54) is 11.8 Å². The first-order valence-corrected chi connectivity index (χ1v) is 11.9. The van der Waals surface area contributed by atoms with Crippen molar-refractivity contribution in [2.24, 2.45) is 10.9 Å². The summed E-state index contributed by atoms with van der Waals surface area (Å²) in [4.78, 5) is 31.8. The van der Waals surface area contributed by atoms with Gasteiger partial charge in [0.15, 0.2) is 11.6 Å². The van der Waals surface area contributed by atoms with Gasteiger partial charge in [-0.15, -0.1) is 0 Å². The van der Waals surface area contributed by atoms with E-state index in [4.69, 9.17) is 39.8 Å². The van der Waals surface area contributed by atoms with Crippen LogP contribution in [0.4, 0.5) is 0 Å². The number of fused-ring (bicyclic) bond motifs is 1. The molecule has 0 N–H and O–H groups in total. The van der Waals surface area contributed by atoms with Crippen LogP contribution < -0.4 is 0 Å². The molecule has 7 heteroatoms. The third-order valence-electron chi connectivity index (χ3n) is 5.82. The third-order valence-corrected chi connectivity index (χ3v) is 8.00. The molecule has 5 rings (SSSR count). The lowest BCUT2D eigenvalue weighted by Crippen LogP contribution is -2.32. The van der Waals surface area contributed by atoms with Crippen molar-refractivity contribution in [2.45, 2.75) is 25.2 Å². The summed E-state index contributed by atoms with van der Waals surface area (Å²) in [7, 11) is 0. The number of benzene rings is 2. The Morgan fingerprint density at radius 3 is 2.52 bits per heavy atom. The van der Waals surface area contributed by atoms with Crippen LogP contribution in [0.1, 0.15) is 36.3 Å². The van der Waals surface area contributed by atoms with E-state index < -0.39 is 5.92 Å². The van der Waals surface area contributed by atoms with E-state index in [0.29, 0.717) is 37.5 Å². The number of hydrogen-bond acceptors (Lipinski definition) is 4. The van der Waals surface area contributed by atoms with Crippen molar-refractivity contribution in [3.8, 4) is 0 Å². The molecule has 0 spiro atoms. The van der Waals surface area contributed by atoms with Crippen LogP contribution >= 0.6 is 46.6 Å². The molecule has 0 amide bonds. The van der Waals surface area contributed by atoms with Gasteiger partial charge in [-0.2, -0.15) is 0 Å². The van der Waals surface area contributed by atoms with E-state index >= 15 is 0 Å². The van der Waals surface area contributed by atoms with Crippen molar-refractivity contribution in [3.05, 3.63) is 84.8 Å². The van der Waals surface area contributed by atoms with Gasteiger partial charge in [-0.25, -0.2) is 4.99 Å². The molecule has 0 saturated carbocycles. The van der Waals surface area contributed by atoms with Gasteiger partial charge in [0.1, 0.15) is 0 Å². The van der Waals surface area contributed by atoms with Crippen LogP contribution in [-0.4, -0.2) is 16.6 Å². The minimum atomic E-state index is -0.517. The highest BCUT2D eigenvalue weighted by molar-refractivity contribution is 8.19. The van der Waals surface area contributed by atoms with Gasteiger partial charge < -0.3 is 0 Å². The first-order chi connectivity index (χ1) is 14.9. The molecule has 31 heavy (non-hydrogen) atoms. The number of allylic oxidation sites excluding steroid dienone is 3. The van der Waals surface area contributed by atoms with Crippen molar-refractivity contribution >= 4 is 69.3 Å². The zero-order valence-corrected chi connectivity index (χ0v) is 19.3. The van der Waals surface area contributed by atoms with Gasteiger partial charge in [-0.1, -0.05) is 70.8 Å². The molecule has 0 radical (unpaired) electrons. The Bertz CT molecular complexity index is 1210. The summed E-state index contributed by atoms with van der Waals surface area (Å²) in [6.07, 6.45) is 3.78. The molecule has 0 bridgehead atoms. The lowest BCUT2D eigenvalue weighted by molar-refractivity contribution is -0.117. The van der Waals surface area contributed by atoms with Gasteiger partial charge in [0, 0.05) is 28.6 Å². The molecule has 2 aliphatic heterocycles. The van der Waals surface area contributed by atoms with Crippen LogP contribution in [0.25, 0.3) is 6.08 Å². The first-order valence-electron chi connectivity index (χ1n) is 9.92. The zero-order valence-electron chi connectivity index (χ0n) is 16.2. The summed E-state index contributed by atoms with van der Waals surface area (Å²) in [5.74, 6) is -0.841. The van der Waals surface area contributed by atoms with E-state index in [1.807, 2.05) is 18.2 Å². The summed E-state index contributed by atoms with van der Waals surface area (Å²) < 4.78 is 0. The molecule has 3 nitrogen and oxygen atoms in total. The monoisotopic (exact) mass is 487 g/mol. The van der Waals surface area contributed by atoms with Gasteiger partial charge in [0.05, 0.1) is 25.9 Å². The number of carbonyl (C=O) groups excluding carboxylic acids is 2. The highest BCUT2D eigenvalue weighted by Gasteiger charge is 2.48. The number of halogens is 3. The second-order valence-corrected chi connectivity index (χ2v) is 10.00. The van der Waals surface area contributed by atoms with Crippen LogP contribution in [0.3, 0.4) is 0 Å². The number of nitrogens with zero attached hydrogens (tertiary/aromatic N) is 1. The molecule has 3 aliphatic rings. The predicted octanol–water partition coefficient (Wildman–Crippen LogP) is 7.12. The van der Waals surface area contributed by atoms with Crippen molar-refractivity contribution < 1.29 is 9.59 Å². The van der Waals surface area contributed by atoms with Gasteiger partial charge in [-0.05, 0) is 48.2 Å². The Morgan fingerprint density at radius 1 is 0.968 bits per heavy atom. The maximum absolute atomic E-state index is 13.6. The molecular weight excluding hydrogens is 473 g/mol. The number of thioether (sulfide) groups is 1. The quantitative estimate of drug-likeness (QED) is 0.423. The van der Waals surface area contributed by atoms with E-state index in [2.05, 4.69) is 0 Å². The standard InChI is InChI=1S/C24H16Cl3NO2S/c25-14-9-7-12(8-10-14)19-20-16(5-2-6-17(20)29)28-24-21(19)23(30)18(31-24)11-13-3-1-4-15(26)22(13)27/h1,3-4,7-11,19,21H,2,5-6H2. The van der Waals surface area contributed by atoms with E-state index in [-0.39, 0.29) is 17.5 Å². The van der Waals surface area contributed by atoms with E-state index in [0.717, 1.165) is 29.1 Å². The van der Waals surface area contributed by atoms with Gasteiger partial charge in [0.25, 0.3) is 0 Å². The Kier molecular flexibility index (Phi) is 5.59. The Hall–Kier alpha value is -1.85. The largest absolute Gasteiger partial charge is 0.294 e. The summed E-state index contributed by atoms with van der Waals surface area (Å²) in [5, 5.41) is 2.19. The zero-order chi connectivity index (χ0) is 21.7. The van der Waals surface area contributed by atoms with Gasteiger partial charge in [-0.3, -0.25) is 9.59 Å². The van der Waals surface area contributed by atoms with E-state index in [9.17, 15) is 9.59 Å². The fourth-order valence-corrected chi connectivity index (χ4v) is 6.05.